The van der Waals surface area contributed by atoms with E-state index >= 15 is 0 Å². The Bertz CT molecular complexity index is 1160. The Balaban J connectivity index is 1.78. The van der Waals surface area contributed by atoms with E-state index in [1.807, 2.05) is 26.0 Å². The second-order valence-electron chi connectivity index (χ2n) is 7.54. The van der Waals surface area contributed by atoms with E-state index in [4.69, 9.17) is 14.2 Å². The molecule has 3 aromatic rings. The molecule has 2 aromatic carbocycles. The smallest absolute Gasteiger partial charge is 0.262 e. The van der Waals surface area contributed by atoms with Crippen molar-refractivity contribution in [3.63, 3.8) is 0 Å². The van der Waals surface area contributed by atoms with Crippen LogP contribution in [0.25, 0.3) is 10.9 Å². The summed E-state index contributed by atoms with van der Waals surface area (Å²) in [5.74, 6) is 0.962. The average molecular weight is 472 g/mol. The number of hydrogen-bond acceptors (Lipinski definition) is 7. The second-order valence-corrected chi connectivity index (χ2v) is 8.49. The zero-order chi connectivity index (χ0) is 23.8. The first kappa shape index (κ1) is 24.6. The monoisotopic (exact) mass is 471 g/mol. The highest BCUT2D eigenvalue weighted by molar-refractivity contribution is 7.99. The topological polar surface area (TPSA) is 91.7 Å². The largest absolute Gasteiger partial charge is 0.497 e. The highest BCUT2D eigenvalue weighted by Crippen LogP contribution is 2.29. The number of fused-ring (bicyclic) bond motifs is 1. The Hall–Kier alpha value is -3.04. The molecular weight excluding hydrogens is 442 g/mol. The number of benzene rings is 2. The van der Waals surface area contributed by atoms with Gasteiger partial charge in [-0.3, -0.25) is 14.2 Å². The lowest BCUT2D eigenvalue weighted by Gasteiger charge is -2.14. The number of para-hydroxylation sites is 1. The fraction of sp³-hybridized carbons (Fsp3) is 0.375. The van der Waals surface area contributed by atoms with Crippen molar-refractivity contribution < 1.29 is 19.0 Å². The molecule has 0 saturated carbocycles. The predicted molar refractivity (Wildman–Crippen MR) is 131 cm³/mol. The van der Waals surface area contributed by atoms with Crippen LogP contribution in [0.4, 0.5) is 5.69 Å². The van der Waals surface area contributed by atoms with Gasteiger partial charge in [0, 0.05) is 19.2 Å². The van der Waals surface area contributed by atoms with Gasteiger partial charge in [-0.15, -0.1) is 0 Å². The van der Waals surface area contributed by atoms with E-state index in [9.17, 15) is 9.59 Å². The third-order valence-corrected chi connectivity index (χ3v) is 5.79. The molecule has 0 spiro atoms. The van der Waals surface area contributed by atoms with Gasteiger partial charge in [0.25, 0.3) is 5.56 Å². The van der Waals surface area contributed by atoms with Crippen LogP contribution in [0.1, 0.15) is 20.3 Å². The lowest BCUT2D eigenvalue weighted by Crippen LogP contribution is -2.25. The summed E-state index contributed by atoms with van der Waals surface area (Å²) in [6, 6.07) is 12.4. The van der Waals surface area contributed by atoms with Gasteiger partial charge in [0.05, 0.1) is 42.7 Å². The molecule has 8 nitrogen and oxygen atoms in total. The molecule has 0 atom stereocenters. The average Bonchev–Trinajstić information content (AvgIpc) is 2.81. The first-order valence-electron chi connectivity index (χ1n) is 10.7. The predicted octanol–water partition coefficient (Wildman–Crippen LogP) is 3.96. The Labute approximate surface area is 197 Å². The molecule has 0 fully saturated rings. The van der Waals surface area contributed by atoms with E-state index in [1.54, 1.807) is 42.0 Å². The number of nitrogens with one attached hydrogen (secondary N) is 1. The van der Waals surface area contributed by atoms with Crippen molar-refractivity contribution in [1.29, 1.82) is 0 Å². The summed E-state index contributed by atoms with van der Waals surface area (Å²) < 4.78 is 17.8. The molecule has 9 heteroatoms. The molecule has 3 rings (SSSR count). The van der Waals surface area contributed by atoms with E-state index < -0.39 is 0 Å². The summed E-state index contributed by atoms with van der Waals surface area (Å²) >= 11 is 1.22. The van der Waals surface area contributed by atoms with Crippen LogP contribution in [-0.2, 0) is 16.1 Å². The van der Waals surface area contributed by atoms with Gasteiger partial charge in [0.15, 0.2) is 5.16 Å². The van der Waals surface area contributed by atoms with Crippen LogP contribution in [-0.4, -0.2) is 48.1 Å². The molecule has 0 aliphatic rings. The Kier molecular flexibility index (Phi) is 8.73. The fourth-order valence-electron chi connectivity index (χ4n) is 3.22. The normalized spacial score (nSPS) is 11.1. The number of carbonyl (C=O) groups is 1. The van der Waals surface area contributed by atoms with Crippen molar-refractivity contribution in [2.24, 2.45) is 0 Å². The molecule has 1 N–H and O–H groups in total. The van der Waals surface area contributed by atoms with Gasteiger partial charge in [0.1, 0.15) is 11.5 Å². The minimum Gasteiger partial charge on any atom is -0.497 e. The van der Waals surface area contributed by atoms with Crippen LogP contribution in [0.3, 0.4) is 0 Å². The molecule has 0 saturated heterocycles. The Morgan fingerprint density at radius 2 is 1.94 bits per heavy atom. The van der Waals surface area contributed by atoms with Crippen LogP contribution in [0, 0.1) is 0 Å². The summed E-state index contributed by atoms with van der Waals surface area (Å²) in [5, 5.41) is 3.89. The number of nitrogens with zero attached hydrogens (tertiary/aromatic N) is 2. The van der Waals surface area contributed by atoms with Crippen LogP contribution in [0.5, 0.6) is 11.5 Å². The molecule has 0 unspecified atom stereocenters. The van der Waals surface area contributed by atoms with Crippen molar-refractivity contribution in [3.8, 4) is 11.5 Å². The maximum Gasteiger partial charge on any atom is 0.262 e. The first-order valence-corrected chi connectivity index (χ1v) is 11.7. The van der Waals surface area contributed by atoms with Crippen LogP contribution in [0.15, 0.2) is 52.4 Å². The number of rotatable bonds is 11. The molecule has 1 amide bonds. The summed E-state index contributed by atoms with van der Waals surface area (Å²) in [5.41, 5.74) is 0.995. The summed E-state index contributed by atoms with van der Waals surface area (Å²) in [6.07, 6.45) is 0.793. The Morgan fingerprint density at radius 1 is 1.15 bits per heavy atom. The van der Waals surface area contributed by atoms with E-state index in [0.717, 1.165) is 0 Å². The van der Waals surface area contributed by atoms with Crippen molar-refractivity contribution in [2.75, 3.05) is 31.9 Å². The van der Waals surface area contributed by atoms with Gasteiger partial charge < -0.3 is 19.5 Å². The first-order chi connectivity index (χ1) is 15.9. The van der Waals surface area contributed by atoms with Gasteiger partial charge in [-0.25, -0.2) is 4.98 Å². The third kappa shape index (κ3) is 6.49. The van der Waals surface area contributed by atoms with Crippen LogP contribution in [0.2, 0.25) is 0 Å². The number of methoxy groups -OCH3 is 2. The minimum absolute atomic E-state index is 0.0770. The molecule has 0 aliphatic carbocycles. The molecule has 0 bridgehead atoms. The number of carbonyl (C=O) groups excluding carboxylic acids is 1. The Morgan fingerprint density at radius 3 is 2.67 bits per heavy atom. The number of thioether (sulfide) groups is 1. The quantitative estimate of drug-likeness (QED) is 0.257. The van der Waals surface area contributed by atoms with Gasteiger partial charge in [-0.2, -0.15) is 0 Å². The van der Waals surface area contributed by atoms with E-state index in [2.05, 4.69) is 10.3 Å². The minimum atomic E-state index is -0.247. The summed E-state index contributed by atoms with van der Waals surface area (Å²) in [6.45, 7) is 4.94. The van der Waals surface area contributed by atoms with Crippen LogP contribution < -0.4 is 20.3 Å². The van der Waals surface area contributed by atoms with E-state index in [-0.39, 0.29) is 23.3 Å². The zero-order valence-electron chi connectivity index (χ0n) is 19.3. The lowest BCUT2D eigenvalue weighted by atomic mass is 10.2. The number of amides is 1. The number of ether oxygens (including phenoxy) is 3. The molecule has 1 aromatic heterocycles. The molecule has 33 heavy (non-hydrogen) atoms. The van der Waals surface area contributed by atoms with Crippen molar-refractivity contribution in [3.05, 3.63) is 52.8 Å². The second kappa shape index (κ2) is 11.7. The van der Waals surface area contributed by atoms with Crippen molar-refractivity contribution in [2.45, 2.75) is 38.1 Å². The maximum absolute atomic E-state index is 13.1. The zero-order valence-corrected chi connectivity index (χ0v) is 20.1. The SMILES string of the molecule is COc1ccc(OC)c(NC(=O)CSc2nc3ccccc3c(=O)n2CCCOC(C)C)c1. The molecule has 1 heterocycles. The number of aromatic nitrogens is 2. The van der Waals surface area contributed by atoms with Gasteiger partial charge in [0.2, 0.25) is 5.91 Å². The molecule has 176 valence electrons. The lowest BCUT2D eigenvalue weighted by molar-refractivity contribution is -0.113. The summed E-state index contributed by atoms with van der Waals surface area (Å²) in [7, 11) is 3.09. The van der Waals surface area contributed by atoms with Crippen molar-refractivity contribution >= 4 is 34.3 Å². The molecule has 0 aliphatic heterocycles. The van der Waals surface area contributed by atoms with Gasteiger partial charge in [-0.05, 0) is 44.5 Å². The fourth-order valence-corrected chi connectivity index (χ4v) is 4.05. The maximum atomic E-state index is 13.1. The van der Waals surface area contributed by atoms with E-state index in [1.165, 1.54) is 18.9 Å². The van der Waals surface area contributed by atoms with E-state index in [0.29, 0.717) is 52.8 Å². The highest BCUT2D eigenvalue weighted by Gasteiger charge is 2.15. The van der Waals surface area contributed by atoms with Gasteiger partial charge >= 0.3 is 0 Å². The number of anilines is 1. The number of hydrogen-bond donors (Lipinski definition) is 1. The van der Waals surface area contributed by atoms with Gasteiger partial charge in [-0.1, -0.05) is 23.9 Å². The molecule has 0 radical (unpaired) electrons. The highest BCUT2D eigenvalue weighted by atomic mass is 32.2. The summed E-state index contributed by atoms with van der Waals surface area (Å²) in [4.78, 5) is 30.4. The standard InChI is InChI=1S/C24H29N3O5S/c1-16(2)32-13-7-12-27-23(29)18-8-5-6-9-19(18)26-24(27)33-15-22(28)25-20-14-17(30-3)10-11-21(20)31-4/h5-6,8-11,14,16H,7,12-13,15H2,1-4H3,(H,25,28). The third-order valence-electron chi connectivity index (χ3n) is 4.82. The molecular formula is C24H29N3O5S. The van der Waals surface area contributed by atoms with Crippen molar-refractivity contribution in [1.82, 2.24) is 9.55 Å². The van der Waals surface area contributed by atoms with Crippen LogP contribution >= 0.6 is 11.8 Å².